The fourth-order valence-corrected chi connectivity index (χ4v) is 2.41. The number of nitrogens with zero attached hydrogens (tertiary/aromatic N) is 1. The van der Waals surface area contributed by atoms with Crippen molar-refractivity contribution in [3.8, 4) is 0 Å². The minimum Gasteiger partial charge on any atom is -0.312 e. The summed E-state index contributed by atoms with van der Waals surface area (Å²) in [6, 6.07) is 6.05. The van der Waals surface area contributed by atoms with Gasteiger partial charge in [0.05, 0.1) is 0 Å². The van der Waals surface area contributed by atoms with Crippen molar-refractivity contribution in [1.82, 2.24) is 10.3 Å². The summed E-state index contributed by atoms with van der Waals surface area (Å²) >= 11 is 1.77. The van der Waals surface area contributed by atoms with Gasteiger partial charge in [0.1, 0.15) is 0 Å². The lowest BCUT2D eigenvalue weighted by atomic mass is 10.2. The monoisotopic (exact) mass is 232 g/mol. The molecular formula is C13H16N2S. The summed E-state index contributed by atoms with van der Waals surface area (Å²) in [5, 5.41) is 7.85. The fraction of sp³-hybridized carbons (Fsp3) is 0.308. The fourth-order valence-electron chi connectivity index (χ4n) is 1.55. The zero-order chi connectivity index (χ0) is 11.2. The molecule has 0 amide bonds. The van der Waals surface area contributed by atoms with Crippen molar-refractivity contribution in [3.05, 3.63) is 52.0 Å². The van der Waals surface area contributed by atoms with E-state index in [1.165, 1.54) is 11.1 Å². The quantitative estimate of drug-likeness (QED) is 0.802. The molecule has 16 heavy (non-hydrogen) atoms. The SMILES string of the molecule is Cc1cscc1CNCCc1ccccn1. The lowest BCUT2D eigenvalue weighted by molar-refractivity contribution is 0.679. The number of hydrogen-bond acceptors (Lipinski definition) is 3. The molecule has 0 unspecified atom stereocenters. The largest absolute Gasteiger partial charge is 0.312 e. The van der Waals surface area contributed by atoms with Crippen LogP contribution in [0.2, 0.25) is 0 Å². The topological polar surface area (TPSA) is 24.9 Å². The van der Waals surface area contributed by atoms with Crippen molar-refractivity contribution in [2.45, 2.75) is 19.9 Å². The number of rotatable bonds is 5. The van der Waals surface area contributed by atoms with Crippen molar-refractivity contribution in [1.29, 1.82) is 0 Å². The molecule has 0 aliphatic carbocycles. The molecule has 0 atom stereocenters. The molecule has 84 valence electrons. The standard InChI is InChI=1S/C13H16N2S/c1-11-9-16-10-12(11)8-14-7-5-13-4-2-3-6-15-13/h2-4,6,9-10,14H,5,7-8H2,1H3. The predicted molar refractivity (Wildman–Crippen MR) is 68.7 cm³/mol. The third kappa shape index (κ3) is 3.15. The summed E-state index contributed by atoms with van der Waals surface area (Å²) in [7, 11) is 0. The van der Waals surface area contributed by atoms with Crippen molar-refractivity contribution in [2.24, 2.45) is 0 Å². The van der Waals surface area contributed by atoms with Crippen molar-refractivity contribution < 1.29 is 0 Å². The first-order valence-electron chi connectivity index (χ1n) is 5.48. The van der Waals surface area contributed by atoms with Crippen LogP contribution in [0, 0.1) is 6.92 Å². The Balaban J connectivity index is 1.72. The molecule has 0 fully saturated rings. The number of pyridine rings is 1. The van der Waals surface area contributed by atoms with E-state index in [-0.39, 0.29) is 0 Å². The second-order valence-electron chi connectivity index (χ2n) is 3.83. The first kappa shape index (κ1) is 11.3. The molecule has 0 aliphatic heterocycles. The summed E-state index contributed by atoms with van der Waals surface area (Å²) in [5.74, 6) is 0. The van der Waals surface area contributed by atoms with Crippen LogP contribution in [0.5, 0.6) is 0 Å². The Bertz CT molecular complexity index is 423. The van der Waals surface area contributed by atoms with Gasteiger partial charge in [-0.05, 0) is 40.9 Å². The number of aromatic nitrogens is 1. The molecule has 0 saturated heterocycles. The van der Waals surface area contributed by atoms with E-state index in [0.717, 1.165) is 25.2 Å². The summed E-state index contributed by atoms with van der Waals surface area (Å²) < 4.78 is 0. The molecule has 2 rings (SSSR count). The maximum atomic E-state index is 4.29. The van der Waals surface area contributed by atoms with Crippen LogP contribution in [-0.2, 0) is 13.0 Å². The van der Waals surface area contributed by atoms with Gasteiger partial charge in [0.15, 0.2) is 0 Å². The summed E-state index contributed by atoms with van der Waals surface area (Å²) in [6.45, 7) is 4.10. The second-order valence-corrected chi connectivity index (χ2v) is 4.57. The summed E-state index contributed by atoms with van der Waals surface area (Å²) in [4.78, 5) is 4.29. The average molecular weight is 232 g/mol. The van der Waals surface area contributed by atoms with Gasteiger partial charge in [0.25, 0.3) is 0 Å². The van der Waals surface area contributed by atoms with Gasteiger partial charge >= 0.3 is 0 Å². The van der Waals surface area contributed by atoms with Crippen LogP contribution < -0.4 is 5.32 Å². The van der Waals surface area contributed by atoms with Gasteiger partial charge in [-0.15, -0.1) is 0 Å². The normalized spacial score (nSPS) is 10.6. The van der Waals surface area contributed by atoms with Crippen LogP contribution >= 0.6 is 11.3 Å². The molecule has 2 aromatic rings. The minimum absolute atomic E-state index is 0.960. The van der Waals surface area contributed by atoms with Crippen LogP contribution in [0.25, 0.3) is 0 Å². The highest BCUT2D eigenvalue weighted by molar-refractivity contribution is 7.08. The van der Waals surface area contributed by atoms with Crippen molar-refractivity contribution in [2.75, 3.05) is 6.54 Å². The van der Waals surface area contributed by atoms with E-state index in [4.69, 9.17) is 0 Å². The van der Waals surface area contributed by atoms with Crippen LogP contribution in [0.1, 0.15) is 16.8 Å². The van der Waals surface area contributed by atoms with Crippen LogP contribution in [0.4, 0.5) is 0 Å². The highest BCUT2D eigenvalue weighted by Crippen LogP contribution is 2.12. The maximum Gasteiger partial charge on any atom is 0.0416 e. The van der Waals surface area contributed by atoms with E-state index in [2.05, 4.69) is 34.1 Å². The zero-order valence-electron chi connectivity index (χ0n) is 9.44. The smallest absolute Gasteiger partial charge is 0.0416 e. The van der Waals surface area contributed by atoms with Gasteiger partial charge in [-0.2, -0.15) is 11.3 Å². The Morgan fingerprint density at radius 1 is 1.31 bits per heavy atom. The van der Waals surface area contributed by atoms with Crippen LogP contribution in [0.15, 0.2) is 35.2 Å². The molecule has 2 aromatic heterocycles. The minimum atomic E-state index is 0.960. The van der Waals surface area contributed by atoms with Crippen molar-refractivity contribution >= 4 is 11.3 Å². The number of hydrogen-bond donors (Lipinski definition) is 1. The molecule has 2 nitrogen and oxygen atoms in total. The Hall–Kier alpha value is -1.19. The molecule has 0 aromatic carbocycles. The van der Waals surface area contributed by atoms with Gasteiger partial charge in [-0.1, -0.05) is 6.07 Å². The molecule has 2 heterocycles. The Labute approximate surface area is 100 Å². The molecule has 3 heteroatoms. The van der Waals surface area contributed by atoms with Crippen molar-refractivity contribution in [3.63, 3.8) is 0 Å². The Morgan fingerprint density at radius 2 is 2.25 bits per heavy atom. The first-order valence-corrected chi connectivity index (χ1v) is 6.43. The lowest BCUT2D eigenvalue weighted by Gasteiger charge is -2.04. The molecule has 0 bridgehead atoms. The zero-order valence-corrected chi connectivity index (χ0v) is 10.3. The van der Waals surface area contributed by atoms with Crippen LogP contribution in [0.3, 0.4) is 0 Å². The number of thiophene rings is 1. The number of nitrogens with one attached hydrogen (secondary N) is 1. The molecule has 0 saturated carbocycles. The van der Waals surface area contributed by atoms with Gasteiger partial charge in [-0.25, -0.2) is 0 Å². The Kier molecular flexibility index (Phi) is 4.08. The molecule has 0 radical (unpaired) electrons. The van der Waals surface area contributed by atoms with Gasteiger partial charge in [-0.3, -0.25) is 4.98 Å². The second kappa shape index (κ2) is 5.77. The Morgan fingerprint density at radius 3 is 2.94 bits per heavy atom. The number of aryl methyl sites for hydroxylation is 1. The third-order valence-electron chi connectivity index (χ3n) is 2.56. The lowest BCUT2D eigenvalue weighted by Crippen LogP contribution is -2.17. The molecule has 0 aliphatic rings. The molecular weight excluding hydrogens is 216 g/mol. The summed E-state index contributed by atoms with van der Waals surface area (Å²) in [6.07, 6.45) is 2.84. The first-order chi connectivity index (χ1) is 7.86. The third-order valence-corrected chi connectivity index (χ3v) is 3.47. The van der Waals surface area contributed by atoms with Gasteiger partial charge < -0.3 is 5.32 Å². The van der Waals surface area contributed by atoms with E-state index < -0.39 is 0 Å². The molecule has 0 spiro atoms. The van der Waals surface area contributed by atoms with Gasteiger partial charge in [0, 0.05) is 31.4 Å². The highest BCUT2D eigenvalue weighted by Gasteiger charge is 1.98. The molecule has 1 N–H and O–H groups in total. The van der Waals surface area contributed by atoms with E-state index in [1.54, 1.807) is 11.3 Å². The predicted octanol–water partition coefficient (Wildman–Crippen LogP) is 2.78. The van der Waals surface area contributed by atoms with E-state index >= 15 is 0 Å². The van der Waals surface area contributed by atoms with E-state index in [9.17, 15) is 0 Å². The summed E-state index contributed by atoms with van der Waals surface area (Å²) in [5.41, 5.74) is 3.94. The average Bonchev–Trinajstić information content (AvgIpc) is 2.72. The van der Waals surface area contributed by atoms with E-state index in [1.807, 2.05) is 18.3 Å². The van der Waals surface area contributed by atoms with Crippen LogP contribution in [-0.4, -0.2) is 11.5 Å². The highest BCUT2D eigenvalue weighted by atomic mass is 32.1. The maximum absolute atomic E-state index is 4.29. The van der Waals surface area contributed by atoms with E-state index in [0.29, 0.717) is 0 Å². The van der Waals surface area contributed by atoms with Gasteiger partial charge in [0.2, 0.25) is 0 Å².